The van der Waals surface area contributed by atoms with Crippen LogP contribution in [0, 0.1) is 5.92 Å². The molecule has 0 radical (unpaired) electrons. The molecule has 0 aromatic carbocycles. The summed E-state index contributed by atoms with van der Waals surface area (Å²) in [7, 11) is 1.71. The molecule has 4 nitrogen and oxygen atoms in total. The van der Waals surface area contributed by atoms with Crippen molar-refractivity contribution in [3.05, 3.63) is 0 Å². The van der Waals surface area contributed by atoms with Gasteiger partial charge in [-0.15, -0.1) is 0 Å². The third kappa shape index (κ3) is 3.80. The van der Waals surface area contributed by atoms with E-state index in [0.29, 0.717) is 5.92 Å². The Bertz CT molecular complexity index is 206. The summed E-state index contributed by atoms with van der Waals surface area (Å²) >= 11 is 0. The number of rotatable bonds is 4. The molecule has 1 atom stereocenters. The molecule has 1 fully saturated rings. The van der Waals surface area contributed by atoms with Crippen LogP contribution < -0.4 is 10.6 Å². The van der Waals surface area contributed by atoms with E-state index in [0.717, 1.165) is 32.6 Å². The van der Waals surface area contributed by atoms with Crippen LogP contribution in [0.4, 0.5) is 0 Å². The van der Waals surface area contributed by atoms with Crippen molar-refractivity contribution < 1.29 is 4.79 Å². The first-order chi connectivity index (χ1) is 7.15. The van der Waals surface area contributed by atoms with Crippen LogP contribution in [0.1, 0.15) is 20.3 Å². The van der Waals surface area contributed by atoms with Crippen LogP contribution in [0.3, 0.4) is 0 Å². The van der Waals surface area contributed by atoms with Gasteiger partial charge in [0.1, 0.15) is 6.04 Å². The van der Waals surface area contributed by atoms with Gasteiger partial charge in [0.05, 0.1) is 0 Å². The van der Waals surface area contributed by atoms with Gasteiger partial charge in [-0.2, -0.15) is 0 Å². The lowest BCUT2D eigenvalue weighted by Crippen LogP contribution is -2.57. The zero-order chi connectivity index (χ0) is 11.3. The van der Waals surface area contributed by atoms with Gasteiger partial charge < -0.3 is 10.6 Å². The van der Waals surface area contributed by atoms with Crippen LogP contribution in [0.15, 0.2) is 0 Å². The van der Waals surface area contributed by atoms with Gasteiger partial charge in [0.15, 0.2) is 0 Å². The van der Waals surface area contributed by atoms with Crippen molar-refractivity contribution in [3.8, 4) is 0 Å². The molecule has 4 heteroatoms. The maximum absolute atomic E-state index is 11.6. The van der Waals surface area contributed by atoms with Crippen LogP contribution in [0.5, 0.6) is 0 Å². The van der Waals surface area contributed by atoms with Crippen LogP contribution >= 0.6 is 0 Å². The third-order valence-electron chi connectivity index (χ3n) is 2.90. The lowest BCUT2D eigenvalue weighted by molar-refractivity contribution is -0.126. The molecule has 1 aliphatic heterocycles. The number of likely N-dealkylation sites (N-methyl/N-ethyl adjacent to an activating group) is 1. The zero-order valence-electron chi connectivity index (χ0n) is 10.0. The first-order valence-electron chi connectivity index (χ1n) is 5.81. The highest BCUT2D eigenvalue weighted by molar-refractivity contribution is 5.81. The number of amides is 1. The maximum atomic E-state index is 11.6. The maximum Gasteiger partial charge on any atom is 0.238 e. The SMILES string of the molecule is CNC(=O)C1CNCCN1CCC(C)C. The summed E-state index contributed by atoms with van der Waals surface area (Å²) in [5.74, 6) is 0.830. The zero-order valence-corrected chi connectivity index (χ0v) is 10.0. The van der Waals surface area contributed by atoms with E-state index in [9.17, 15) is 4.79 Å². The minimum atomic E-state index is 0.0162. The molecule has 1 saturated heterocycles. The highest BCUT2D eigenvalue weighted by Gasteiger charge is 2.27. The predicted octanol–water partition coefficient (Wildman–Crippen LogP) is 0.0523. The lowest BCUT2D eigenvalue weighted by atomic mass is 10.1. The Labute approximate surface area is 92.4 Å². The summed E-state index contributed by atoms with van der Waals surface area (Å²) in [6, 6.07) is 0.0162. The predicted molar refractivity (Wildman–Crippen MR) is 61.8 cm³/mol. The molecule has 0 aromatic rings. The Morgan fingerprint density at radius 3 is 2.93 bits per heavy atom. The Morgan fingerprint density at radius 2 is 2.33 bits per heavy atom. The number of nitrogens with one attached hydrogen (secondary N) is 2. The van der Waals surface area contributed by atoms with Crippen molar-refractivity contribution in [1.82, 2.24) is 15.5 Å². The molecule has 2 N–H and O–H groups in total. The molecule has 1 heterocycles. The van der Waals surface area contributed by atoms with Crippen molar-refractivity contribution in [1.29, 1.82) is 0 Å². The van der Waals surface area contributed by atoms with Gasteiger partial charge >= 0.3 is 0 Å². The molecule has 1 aliphatic rings. The number of carbonyl (C=O) groups excluding carboxylic acids is 1. The van der Waals surface area contributed by atoms with Crippen molar-refractivity contribution >= 4 is 5.91 Å². The van der Waals surface area contributed by atoms with E-state index in [1.165, 1.54) is 0 Å². The lowest BCUT2D eigenvalue weighted by Gasteiger charge is -2.35. The fourth-order valence-corrected chi connectivity index (χ4v) is 1.86. The third-order valence-corrected chi connectivity index (χ3v) is 2.90. The highest BCUT2D eigenvalue weighted by Crippen LogP contribution is 2.08. The summed E-state index contributed by atoms with van der Waals surface area (Å²) in [4.78, 5) is 13.9. The van der Waals surface area contributed by atoms with E-state index in [1.807, 2.05) is 0 Å². The van der Waals surface area contributed by atoms with E-state index in [2.05, 4.69) is 29.4 Å². The molecule has 0 aliphatic carbocycles. The van der Waals surface area contributed by atoms with Gasteiger partial charge in [-0.25, -0.2) is 0 Å². The number of nitrogens with zero attached hydrogens (tertiary/aromatic N) is 1. The van der Waals surface area contributed by atoms with Gasteiger partial charge in [-0.1, -0.05) is 13.8 Å². The van der Waals surface area contributed by atoms with Crippen LogP contribution in [-0.2, 0) is 4.79 Å². The van der Waals surface area contributed by atoms with Crippen molar-refractivity contribution in [2.75, 3.05) is 33.2 Å². The largest absolute Gasteiger partial charge is 0.358 e. The molecule has 0 aromatic heterocycles. The number of hydrogen-bond acceptors (Lipinski definition) is 3. The van der Waals surface area contributed by atoms with Gasteiger partial charge in [0, 0.05) is 26.7 Å². The molecular weight excluding hydrogens is 190 g/mol. The normalized spacial score (nSPS) is 23.1. The van der Waals surface area contributed by atoms with E-state index in [-0.39, 0.29) is 11.9 Å². The van der Waals surface area contributed by atoms with E-state index in [1.54, 1.807) is 7.05 Å². The average molecular weight is 213 g/mol. The monoisotopic (exact) mass is 213 g/mol. The minimum absolute atomic E-state index is 0.0162. The van der Waals surface area contributed by atoms with Gasteiger partial charge in [-0.3, -0.25) is 9.69 Å². The fourth-order valence-electron chi connectivity index (χ4n) is 1.86. The van der Waals surface area contributed by atoms with Gasteiger partial charge in [0.2, 0.25) is 5.91 Å². The molecule has 0 spiro atoms. The van der Waals surface area contributed by atoms with Crippen LogP contribution in [0.2, 0.25) is 0 Å². The minimum Gasteiger partial charge on any atom is -0.358 e. The Hall–Kier alpha value is -0.610. The second-order valence-electron chi connectivity index (χ2n) is 4.55. The van der Waals surface area contributed by atoms with Gasteiger partial charge in [-0.05, 0) is 18.9 Å². The first kappa shape index (κ1) is 12.5. The Balaban J connectivity index is 2.46. The second kappa shape index (κ2) is 6.08. The Morgan fingerprint density at radius 1 is 1.60 bits per heavy atom. The summed E-state index contributed by atoms with van der Waals surface area (Å²) in [6.45, 7) is 8.21. The smallest absolute Gasteiger partial charge is 0.238 e. The molecule has 1 rings (SSSR count). The molecule has 1 unspecified atom stereocenters. The van der Waals surface area contributed by atoms with E-state index < -0.39 is 0 Å². The molecule has 0 saturated carbocycles. The van der Waals surface area contributed by atoms with Crippen LogP contribution in [-0.4, -0.2) is 50.1 Å². The number of piperazine rings is 1. The number of carbonyl (C=O) groups is 1. The Kier molecular flexibility index (Phi) is 5.05. The molecule has 1 amide bonds. The van der Waals surface area contributed by atoms with Crippen molar-refractivity contribution in [2.24, 2.45) is 5.92 Å². The second-order valence-corrected chi connectivity index (χ2v) is 4.55. The van der Waals surface area contributed by atoms with Gasteiger partial charge in [0.25, 0.3) is 0 Å². The van der Waals surface area contributed by atoms with E-state index in [4.69, 9.17) is 0 Å². The molecular formula is C11H23N3O. The summed E-state index contributed by atoms with van der Waals surface area (Å²) in [5.41, 5.74) is 0. The molecule has 15 heavy (non-hydrogen) atoms. The molecule has 88 valence electrons. The quantitative estimate of drug-likeness (QED) is 0.694. The van der Waals surface area contributed by atoms with E-state index >= 15 is 0 Å². The topological polar surface area (TPSA) is 44.4 Å². The fraction of sp³-hybridized carbons (Fsp3) is 0.909. The first-order valence-corrected chi connectivity index (χ1v) is 5.81. The summed E-state index contributed by atoms with van der Waals surface area (Å²) < 4.78 is 0. The average Bonchev–Trinajstić information content (AvgIpc) is 2.25. The highest BCUT2D eigenvalue weighted by atomic mass is 16.2. The van der Waals surface area contributed by atoms with Crippen molar-refractivity contribution in [2.45, 2.75) is 26.3 Å². The van der Waals surface area contributed by atoms with Crippen molar-refractivity contribution in [3.63, 3.8) is 0 Å². The van der Waals surface area contributed by atoms with Crippen LogP contribution in [0.25, 0.3) is 0 Å². The summed E-state index contributed by atoms with van der Waals surface area (Å²) in [6.07, 6.45) is 1.16. The summed E-state index contributed by atoms with van der Waals surface area (Å²) in [5, 5.41) is 6.00. The molecule has 0 bridgehead atoms. The standard InChI is InChI=1S/C11H23N3O/c1-9(2)4-6-14-7-5-13-8-10(14)11(15)12-3/h9-10,13H,4-8H2,1-3H3,(H,12,15). The number of hydrogen-bond donors (Lipinski definition) is 2.